The first-order valence-electron chi connectivity index (χ1n) is 12.9. The van der Waals surface area contributed by atoms with Gasteiger partial charge in [0.1, 0.15) is 11.9 Å². The molecule has 0 spiro atoms. The van der Waals surface area contributed by atoms with Gasteiger partial charge in [-0.3, -0.25) is 19.6 Å². The lowest BCUT2D eigenvalue weighted by Crippen LogP contribution is -2.45. The molecular formula is C29H34N4O4. The van der Waals surface area contributed by atoms with Crippen LogP contribution in [0.1, 0.15) is 23.6 Å². The molecule has 0 bridgehead atoms. The maximum absolute atomic E-state index is 12.4. The van der Waals surface area contributed by atoms with Crippen LogP contribution in [-0.4, -0.2) is 66.3 Å². The molecule has 1 saturated heterocycles. The molecule has 2 aliphatic rings. The number of carbonyl (C=O) groups excluding carboxylic acids is 1. The molecule has 3 aromatic rings. The third kappa shape index (κ3) is 7.21. The van der Waals surface area contributed by atoms with Crippen LogP contribution < -0.4 is 19.5 Å². The van der Waals surface area contributed by atoms with Gasteiger partial charge in [0, 0.05) is 51.7 Å². The lowest BCUT2D eigenvalue weighted by atomic mass is 10.1. The van der Waals surface area contributed by atoms with Crippen LogP contribution in [0.3, 0.4) is 0 Å². The van der Waals surface area contributed by atoms with Crippen LogP contribution >= 0.6 is 0 Å². The molecule has 1 atom stereocenters. The fourth-order valence-corrected chi connectivity index (χ4v) is 4.62. The van der Waals surface area contributed by atoms with Crippen molar-refractivity contribution in [2.75, 3.05) is 39.5 Å². The first-order chi connectivity index (χ1) is 18.1. The molecule has 1 amide bonds. The number of aromatic nitrogens is 1. The number of nitrogens with one attached hydrogen (secondary N) is 1. The summed E-state index contributed by atoms with van der Waals surface area (Å²) in [6, 6.07) is 18.0. The summed E-state index contributed by atoms with van der Waals surface area (Å²) in [6.07, 6.45) is 3.92. The normalized spacial score (nSPS) is 16.4. The molecule has 194 valence electrons. The van der Waals surface area contributed by atoms with E-state index in [-0.39, 0.29) is 25.2 Å². The van der Waals surface area contributed by atoms with Gasteiger partial charge in [-0.2, -0.15) is 0 Å². The summed E-state index contributed by atoms with van der Waals surface area (Å²) in [7, 11) is 0. The van der Waals surface area contributed by atoms with Gasteiger partial charge in [-0.1, -0.05) is 24.3 Å². The maximum atomic E-state index is 12.4. The van der Waals surface area contributed by atoms with Crippen LogP contribution in [0.4, 0.5) is 0 Å². The standard InChI is InChI=1S/C29H34N4O4/c1-22(17-31-29(34)16-24-6-9-27-28(15-24)36-21-35-27)37-26-7-4-23(5-8-26)19-32-11-13-33(14-12-32)20-25-3-2-10-30-18-25/h2-10,15,18,22H,11-14,16-17,19-21H2,1H3,(H,31,34). The van der Waals surface area contributed by atoms with Crippen molar-refractivity contribution in [1.82, 2.24) is 20.1 Å². The largest absolute Gasteiger partial charge is 0.489 e. The second kappa shape index (κ2) is 12.1. The van der Waals surface area contributed by atoms with E-state index >= 15 is 0 Å². The van der Waals surface area contributed by atoms with Gasteiger partial charge < -0.3 is 19.5 Å². The predicted octanol–water partition coefficient (Wildman–Crippen LogP) is 3.25. The molecule has 0 aliphatic carbocycles. The Morgan fingerprint density at radius 3 is 2.38 bits per heavy atom. The molecule has 5 rings (SSSR count). The van der Waals surface area contributed by atoms with E-state index in [1.165, 1.54) is 11.1 Å². The molecule has 8 nitrogen and oxygen atoms in total. The first kappa shape index (κ1) is 25.0. The molecule has 37 heavy (non-hydrogen) atoms. The summed E-state index contributed by atoms with van der Waals surface area (Å²) < 4.78 is 16.7. The Morgan fingerprint density at radius 2 is 1.65 bits per heavy atom. The molecule has 2 aliphatic heterocycles. The highest BCUT2D eigenvalue weighted by Gasteiger charge is 2.18. The molecule has 3 heterocycles. The van der Waals surface area contributed by atoms with Crippen molar-refractivity contribution in [2.24, 2.45) is 0 Å². The van der Waals surface area contributed by atoms with Crippen LogP contribution in [0, 0.1) is 0 Å². The molecule has 1 aromatic heterocycles. The van der Waals surface area contributed by atoms with Crippen LogP contribution in [0.15, 0.2) is 67.0 Å². The smallest absolute Gasteiger partial charge is 0.231 e. The van der Waals surface area contributed by atoms with Crippen LogP contribution in [0.2, 0.25) is 0 Å². The zero-order valence-electron chi connectivity index (χ0n) is 21.3. The van der Waals surface area contributed by atoms with Crippen molar-refractivity contribution in [3.63, 3.8) is 0 Å². The number of fused-ring (bicyclic) bond motifs is 1. The zero-order valence-corrected chi connectivity index (χ0v) is 21.3. The van der Waals surface area contributed by atoms with Gasteiger partial charge in [0.2, 0.25) is 12.7 Å². The summed E-state index contributed by atoms with van der Waals surface area (Å²) in [6.45, 7) is 8.77. The summed E-state index contributed by atoms with van der Waals surface area (Å²) in [4.78, 5) is 21.6. The average molecular weight is 503 g/mol. The van der Waals surface area contributed by atoms with Crippen molar-refractivity contribution in [3.8, 4) is 17.2 Å². The Kier molecular flexibility index (Phi) is 8.18. The number of rotatable bonds is 10. The van der Waals surface area contributed by atoms with Gasteiger partial charge >= 0.3 is 0 Å². The minimum atomic E-state index is -0.139. The quantitative estimate of drug-likeness (QED) is 0.456. The van der Waals surface area contributed by atoms with Crippen molar-refractivity contribution >= 4 is 5.91 Å². The molecule has 1 fully saturated rings. The van der Waals surface area contributed by atoms with Gasteiger partial charge in [0.25, 0.3) is 0 Å². The van der Waals surface area contributed by atoms with E-state index in [2.05, 4.69) is 38.3 Å². The minimum absolute atomic E-state index is 0.0507. The summed E-state index contributed by atoms with van der Waals surface area (Å²) in [5.41, 5.74) is 3.43. The number of amides is 1. The van der Waals surface area contributed by atoms with E-state index in [0.29, 0.717) is 12.3 Å². The SMILES string of the molecule is CC(CNC(=O)Cc1ccc2c(c1)OCO2)Oc1ccc(CN2CCN(Cc3cccnc3)CC2)cc1. The van der Waals surface area contributed by atoms with E-state index in [0.717, 1.165) is 56.3 Å². The Labute approximate surface area is 218 Å². The Morgan fingerprint density at radius 1 is 0.946 bits per heavy atom. The fraction of sp³-hybridized carbons (Fsp3) is 0.379. The Hall–Kier alpha value is -3.62. The number of nitrogens with zero attached hydrogens (tertiary/aromatic N) is 3. The van der Waals surface area contributed by atoms with Crippen LogP contribution in [0.25, 0.3) is 0 Å². The van der Waals surface area contributed by atoms with Gasteiger partial charge in [-0.25, -0.2) is 0 Å². The molecule has 1 unspecified atom stereocenters. The Balaban J connectivity index is 1.01. The lowest BCUT2D eigenvalue weighted by Gasteiger charge is -2.34. The van der Waals surface area contributed by atoms with E-state index in [9.17, 15) is 4.79 Å². The second-order valence-corrected chi connectivity index (χ2v) is 9.65. The van der Waals surface area contributed by atoms with Crippen LogP contribution in [0.5, 0.6) is 17.2 Å². The summed E-state index contributed by atoms with van der Waals surface area (Å²) in [5, 5.41) is 2.95. The van der Waals surface area contributed by atoms with E-state index in [1.54, 1.807) is 0 Å². The van der Waals surface area contributed by atoms with Gasteiger partial charge in [-0.05, 0) is 53.9 Å². The number of benzene rings is 2. The first-order valence-corrected chi connectivity index (χ1v) is 12.9. The number of piperazine rings is 1. The molecule has 8 heteroatoms. The number of pyridine rings is 1. The maximum Gasteiger partial charge on any atom is 0.231 e. The van der Waals surface area contributed by atoms with Crippen LogP contribution in [-0.2, 0) is 24.3 Å². The van der Waals surface area contributed by atoms with E-state index < -0.39 is 0 Å². The monoisotopic (exact) mass is 502 g/mol. The van der Waals surface area contributed by atoms with Gasteiger partial charge in [0.15, 0.2) is 11.5 Å². The van der Waals surface area contributed by atoms with Gasteiger partial charge in [0.05, 0.1) is 13.0 Å². The topological polar surface area (TPSA) is 76.2 Å². The number of hydrogen-bond donors (Lipinski definition) is 1. The molecular weight excluding hydrogens is 468 g/mol. The van der Waals surface area contributed by atoms with Crippen molar-refractivity contribution in [1.29, 1.82) is 0 Å². The fourth-order valence-electron chi connectivity index (χ4n) is 4.62. The summed E-state index contributed by atoms with van der Waals surface area (Å²) >= 11 is 0. The molecule has 2 aromatic carbocycles. The predicted molar refractivity (Wildman–Crippen MR) is 141 cm³/mol. The number of hydrogen-bond acceptors (Lipinski definition) is 7. The minimum Gasteiger partial charge on any atom is -0.489 e. The third-order valence-electron chi connectivity index (χ3n) is 6.65. The summed E-state index contributed by atoms with van der Waals surface area (Å²) in [5.74, 6) is 2.16. The highest BCUT2D eigenvalue weighted by Crippen LogP contribution is 2.32. The van der Waals surface area contributed by atoms with Gasteiger partial charge in [-0.15, -0.1) is 0 Å². The van der Waals surface area contributed by atoms with E-state index in [1.807, 2.05) is 55.7 Å². The molecule has 1 N–H and O–H groups in total. The molecule has 0 radical (unpaired) electrons. The highest BCUT2D eigenvalue weighted by molar-refractivity contribution is 5.78. The number of carbonyl (C=O) groups is 1. The zero-order chi connectivity index (χ0) is 25.5. The van der Waals surface area contributed by atoms with E-state index in [4.69, 9.17) is 14.2 Å². The van der Waals surface area contributed by atoms with Crippen molar-refractivity contribution in [3.05, 3.63) is 83.7 Å². The van der Waals surface area contributed by atoms with Crippen molar-refractivity contribution in [2.45, 2.75) is 32.5 Å². The van der Waals surface area contributed by atoms with Crippen molar-refractivity contribution < 1.29 is 19.0 Å². The average Bonchev–Trinajstić information content (AvgIpc) is 3.38. The molecule has 0 saturated carbocycles. The lowest BCUT2D eigenvalue weighted by molar-refractivity contribution is -0.120. The number of ether oxygens (including phenoxy) is 3. The second-order valence-electron chi connectivity index (χ2n) is 9.65. The Bertz CT molecular complexity index is 1160. The third-order valence-corrected chi connectivity index (χ3v) is 6.65. The highest BCUT2D eigenvalue weighted by atomic mass is 16.7.